The maximum absolute atomic E-state index is 13.4. The van der Waals surface area contributed by atoms with Crippen LogP contribution in [0.5, 0.6) is 5.75 Å². The van der Waals surface area contributed by atoms with Crippen molar-refractivity contribution in [3.8, 4) is 5.75 Å². The molecule has 0 aliphatic carbocycles. The Labute approximate surface area is 123 Å². The molecule has 0 aliphatic rings. The lowest BCUT2D eigenvalue weighted by molar-refractivity contribution is -0.124. The van der Waals surface area contributed by atoms with Crippen molar-refractivity contribution in [1.29, 1.82) is 0 Å². The molecule has 1 aromatic rings. The zero-order chi connectivity index (χ0) is 16.0. The van der Waals surface area contributed by atoms with E-state index in [1.165, 1.54) is 6.07 Å². The van der Waals surface area contributed by atoms with Crippen molar-refractivity contribution in [2.75, 3.05) is 6.61 Å². The average molecular weight is 300 g/mol. The Morgan fingerprint density at radius 1 is 1.38 bits per heavy atom. The van der Waals surface area contributed by atoms with Gasteiger partial charge in [-0.15, -0.1) is 0 Å². The van der Waals surface area contributed by atoms with Crippen LogP contribution in [-0.2, 0) is 4.79 Å². The van der Waals surface area contributed by atoms with E-state index in [0.29, 0.717) is 0 Å². The highest BCUT2D eigenvalue weighted by Crippen LogP contribution is 2.17. The van der Waals surface area contributed by atoms with Crippen LogP contribution in [0.15, 0.2) is 18.2 Å². The summed E-state index contributed by atoms with van der Waals surface area (Å²) in [6, 6.07) is 2.15. The highest BCUT2D eigenvalue weighted by Gasteiger charge is 2.21. The normalized spacial score (nSPS) is 15.1. The van der Waals surface area contributed by atoms with Crippen LogP contribution in [0.3, 0.4) is 0 Å². The molecule has 0 aliphatic heterocycles. The van der Waals surface area contributed by atoms with Crippen molar-refractivity contribution < 1.29 is 18.3 Å². The molecule has 1 aromatic carbocycles. The van der Waals surface area contributed by atoms with Gasteiger partial charge in [0.05, 0.1) is 12.1 Å². The minimum atomic E-state index is -0.773. The number of halogens is 2. The zero-order valence-corrected chi connectivity index (χ0v) is 12.5. The molecule has 0 heterocycles. The second kappa shape index (κ2) is 7.93. The van der Waals surface area contributed by atoms with E-state index in [4.69, 9.17) is 10.5 Å². The molecule has 6 heteroatoms. The molecule has 0 radical (unpaired) electrons. The zero-order valence-electron chi connectivity index (χ0n) is 12.5. The third-order valence-corrected chi connectivity index (χ3v) is 3.33. The Hall–Kier alpha value is -1.69. The summed E-state index contributed by atoms with van der Waals surface area (Å²) in [6.07, 6.45) is 0.806. The third-order valence-electron chi connectivity index (χ3n) is 3.33. The van der Waals surface area contributed by atoms with Crippen LogP contribution >= 0.6 is 0 Å². The average Bonchev–Trinajstić information content (AvgIpc) is 2.44. The number of rotatable bonds is 7. The van der Waals surface area contributed by atoms with Crippen LogP contribution in [0, 0.1) is 17.6 Å². The molecular weight excluding hydrogens is 278 g/mol. The van der Waals surface area contributed by atoms with Crippen molar-refractivity contribution in [1.82, 2.24) is 5.32 Å². The standard InChI is InChI=1S/C15H22F2N2O2/c1-4-9(2)14(18)15(20)19-10(3)8-21-13-6-5-11(16)7-12(13)17/h5-7,9-10,14H,4,8,18H2,1-3H3,(H,19,20). The van der Waals surface area contributed by atoms with Gasteiger partial charge in [0.2, 0.25) is 5.91 Å². The van der Waals surface area contributed by atoms with Crippen molar-refractivity contribution in [3.05, 3.63) is 29.8 Å². The Balaban J connectivity index is 2.47. The van der Waals surface area contributed by atoms with E-state index < -0.39 is 17.7 Å². The highest BCUT2D eigenvalue weighted by molar-refractivity contribution is 5.82. The number of benzene rings is 1. The minimum absolute atomic E-state index is 0.0521. The lowest BCUT2D eigenvalue weighted by atomic mass is 9.99. The SMILES string of the molecule is CCC(C)C(N)C(=O)NC(C)COc1ccc(F)cc1F. The van der Waals surface area contributed by atoms with E-state index >= 15 is 0 Å². The molecular formula is C15H22F2N2O2. The van der Waals surface area contributed by atoms with Gasteiger partial charge in [-0.3, -0.25) is 4.79 Å². The molecule has 118 valence electrons. The van der Waals surface area contributed by atoms with E-state index in [-0.39, 0.29) is 30.2 Å². The van der Waals surface area contributed by atoms with Crippen molar-refractivity contribution in [3.63, 3.8) is 0 Å². The molecule has 21 heavy (non-hydrogen) atoms. The molecule has 3 N–H and O–H groups in total. The van der Waals surface area contributed by atoms with Crippen molar-refractivity contribution in [2.24, 2.45) is 11.7 Å². The lowest BCUT2D eigenvalue weighted by Crippen LogP contribution is -2.48. The van der Waals surface area contributed by atoms with E-state index in [2.05, 4.69) is 5.32 Å². The van der Waals surface area contributed by atoms with Gasteiger partial charge in [0, 0.05) is 6.07 Å². The van der Waals surface area contributed by atoms with E-state index in [0.717, 1.165) is 18.6 Å². The van der Waals surface area contributed by atoms with Crippen LogP contribution in [0.2, 0.25) is 0 Å². The predicted octanol–water partition coefficient (Wildman–Crippen LogP) is 2.22. The molecule has 4 nitrogen and oxygen atoms in total. The summed E-state index contributed by atoms with van der Waals surface area (Å²) in [7, 11) is 0. The smallest absolute Gasteiger partial charge is 0.237 e. The van der Waals surface area contributed by atoms with Gasteiger partial charge in [-0.1, -0.05) is 20.3 Å². The molecule has 0 fully saturated rings. The maximum Gasteiger partial charge on any atom is 0.237 e. The molecule has 3 unspecified atom stereocenters. The summed E-state index contributed by atoms with van der Waals surface area (Å²) in [4.78, 5) is 11.9. The summed E-state index contributed by atoms with van der Waals surface area (Å²) in [6.45, 7) is 5.66. The monoisotopic (exact) mass is 300 g/mol. The summed E-state index contributed by atoms with van der Waals surface area (Å²) in [5, 5.41) is 2.71. The number of amides is 1. The van der Waals surface area contributed by atoms with Crippen LogP contribution < -0.4 is 15.8 Å². The number of ether oxygens (including phenoxy) is 1. The van der Waals surface area contributed by atoms with E-state index in [9.17, 15) is 13.6 Å². The van der Waals surface area contributed by atoms with Gasteiger partial charge >= 0.3 is 0 Å². The van der Waals surface area contributed by atoms with Crippen molar-refractivity contribution in [2.45, 2.75) is 39.3 Å². The van der Waals surface area contributed by atoms with Gasteiger partial charge in [0.1, 0.15) is 12.4 Å². The first-order valence-corrected chi connectivity index (χ1v) is 6.99. The Morgan fingerprint density at radius 2 is 2.05 bits per heavy atom. The molecule has 0 bridgehead atoms. The summed E-state index contributed by atoms with van der Waals surface area (Å²) in [5.74, 6) is -1.68. The second-order valence-corrected chi connectivity index (χ2v) is 5.21. The summed E-state index contributed by atoms with van der Waals surface area (Å²) in [5.41, 5.74) is 5.81. The molecule has 0 saturated carbocycles. The number of hydrogen-bond acceptors (Lipinski definition) is 3. The minimum Gasteiger partial charge on any atom is -0.488 e. The first-order valence-electron chi connectivity index (χ1n) is 6.99. The van der Waals surface area contributed by atoms with Gasteiger partial charge in [0.15, 0.2) is 11.6 Å². The Morgan fingerprint density at radius 3 is 2.62 bits per heavy atom. The van der Waals surface area contributed by atoms with Gasteiger partial charge < -0.3 is 15.8 Å². The topological polar surface area (TPSA) is 64.4 Å². The molecule has 0 spiro atoms. The van der Waals surface area contributed by atoms with E-state index in [1.54, 1.807) is 6.92 Å². The summed E-state index contributed by atoms with van der Waals surface area (Å²) < 4.78 is 31.3. The second-order valence-electron chi connectivity index (χ2n) is 5.21. The molecule has 1 rings (SSSR count). The fraction of sp³-hybridized carbons (Fsp3) is 0.533. The van der Waals surface area contributed by atoms with Gasteiger partial charge in [-0.2, -0.15) is 0 Å². The number of carbonyl (C=O) groups is 1. The maximum atomic E-state index is 13.4. The molecule has 0 aromatic heterocycles. The number of hydrogen-bond donors (Lipinski definition) is 2. The molecule has 3 atom stereocenters. The Bertz CT molecular complexity index is 483. The Kier molecular flexibility index (Phi) is 6.55. The van der Waals surface area contributed by atoms with Crippen LogP contribution in [0.25, 0.3) is 0 Å². The number of nitrogens with two attached hydrogens (primary N) is 1. The molecule has 1 amide bonds. The summed E-state index contributed by atoms with van der Waals surface area (Å²) >= 11 is 0. The quantitative estimate of drug-likeness (QED) is 0.811. The predicted molar refractivity (Wildman–Crippen MR) is 76.9 cm³/mol. The lowest BCUT2D eigenvalue weighted by Gasteiger charge is -2.21. The fourth-order valence-corrected chi connectivity index (χ4v) is 1.70. The third kappa shape index (κ3) is 5.30. The van der Waals surface area contributed by atoms with Crippen LogP contribution in [0.4, 0.5) is 8.78 Å². The van der Waals surface area contributed by atoms with Crippen LogP contribution in [-0.4, -0.2) is 24.6 Å². The van der Waals surface area contributed by atoms with Gasteiger partial charge in [-0.25, -0.2) is 8.78 Å². The largest absolute Gasteiger partial charge is 0.488 e. The highest BCUT2D eigenvalue weighted by atomic mass is 19.1. The van der Waals surface area contributed by atoms with Gasteiger partial charge in [0.25, 0.3) is 0 Å². The molecule has 0 saturated heterocycles. The van der Waals surface area contributed by atoms with Crippen LogP contribution in [0.1, 0.15) is 27.2 Å². The van der Waals surface area contributed by atoms with E-state index in [1.807, 2.05) is 13.8 Å². The number of nitrogens with one attached hydrogen (secondary N) is 1. The first kappa shape index (κ1) is 17.4. The first-order chi connectivity index (χ1) is 9.85. The number of carbonyl (C=O) groups excluding carboxylic acids is 1. The van der Waals surface area contributed by atoms with Gasteiger partial charge in [-0.05, 0) is 25.0 Å². The fourth-order valence-electron chi connectivity index (χ4n) is 1.70. The van der Waals surface area contributed by atoms with Crippen molar-refractivity contribution >= 4 is 5.91 Å².